The van der Waals surface area contributed by atoms with Crippen molar-refractivity contribution in [3.63, 3.8) is 0 Å². The highest BCUT2D eigenvalue weighted by Crippen LogP contribution is 2.26. The maximum absolute atomic E-state index is 8.92. The number of piperazine rings is 1. The minimum absolute atomic E-state index is 0.469. The highest BCUT2D eigenvalue weighted by Gasteiger charge is 2.22. The number of nitrogens with zero attached hydrogens (tertiary/aromatic N) is 7. The van der Waals surface area contributed by atoms with E-state index in [1.54, 1.807) is 12.3 Å². The molecule has 1 saturated heterocycles. The lowest BCUT2D eigenvalue weighted by atomic mass is 10.2. The molecule has 0 radical (unpaired) electrons. The van der Waals surface area contributed by atoms with Crippen molar-refractivity contribution in [3.8, 4) is 6.07 Å². The Morgan fingerprint density at radius 2 is 1.80 bits per heavy atom. The zero-order chi connectivity index (χ0) is 18.0. The number of hydrogen-bond donors (Lipinski definition) is 0. The molecule has 8 heteroatoms. The van der Waals surface area contributed by atoms with Crippen LogP contribution in [-0.2, 0) is 0 Å². The van der Waals surface area contributed by atoms with E-state index in [2.05, 4.69) is 30.8 Å². The van der Waals surface area contributed by atoms with Crippen molar-refractivity contribution in [1.82, 2.24) is 15.0 Å². The van der Waals surface area contributed by atoms with Gasteiger partial charge < -0.3 is 14.7 Å². The summed E-state index contributed by atoms with van der Waals surface area (Å²) in [5.41, 5.74) is 1.42. The van der Waals surface area contributed by atoms with Crippen LogP contribution in [-0.4, -0.2) is 55.2 Å². The van der Waals surface area contributed by atoms with Crippen LogP contribution < -0.4 is 14.7 Å². The second-order valence-corrected chi connectivity index (χ2v) is 6.58. The Kier molecular flexibility index (Phi) is 4.91. The summed E-state index contributed by atoms with van der Waals surface area (Å²) < 4.78 is 0. The molecule has 1 aliphatic heterocycles. The van der Waals surface area contributed by atoms with Gasteiger partial charge in [-0.1, -0.05) is 11.6 Å². The molecule has 0 unspecified atom stereocenters. The third kappa shape index (κ3) is 3.74. The Hall–Kier alpha value is -2.59. The van der Waals surface area contributed by atoms with E-state index >= 15 is 0 Å². The number of aryl methyl sites for hydroxylation is 1. The van der Waals surface area contributed by atoms with Crippen LogP contribution in [0.3, 0.4) is 0 Å². The van der Waals surface area contributed by atoms with Crippen LogP contribution in [0, 0.1) is 18.3 Å². The van der Waals surface area contributed by atoms with Gasteiger partial charge in [-0.15, -0.1) is 0 Å². The lowest BCUT2D eigenvalue weighted by Gasteiger charge is -2.36. The van der Waals surface area contributed by atoms with Crippen LogP contribution in [0.1, 0.15) is 11.3 Å². The van der Waals surface area contributed by atoms with E-state index in [4.69, 9.17) is 16.9 Å². The van der Waals surface area contributed by atoms with Gasteiger partial charge in [0.2, 0.25) is 5.95 Å². The molecule has 2 aromatic rings. The van der Waals surface area contributed by atoms with Gasteiger partial charge in [-0.05, 0) is 13.0 Å². The summed E-state index contributed by atoms with van der Waals surface area (Å²) in [6.07, 6.45) is 1.56. The molecule has 0 saturated carbocycles. The number of aromatic nitrogens is 3. The van der Waals surface area contributed by atoms with Crippen molar-refractivity contribution >= 4 is 29.2 Å². The van der Waals surface area contributed by atoms with Crippen LogP contribution in [0.4, 0.5) is 17.6 Å². The lowest BCUT2D eigenvalue weighted by Crippen LogP contribution is -2.47. The van der Waals surface area contributed by atoms with E-state index in [-0.39, 0.29) is 0 Å². The number of anilines is 3. The molecule has 0 bridgehead atoms. The summed E-state index contributed by atoms with van der Waals surface area (Å²) in [5, 5.41) is 9.43. The Bertz CT molecular complexity index is 807. The first kappa shape index (κ1) is 17.2. The lowest BCUT2D eigenvalue weighted by molar-refractivity contribution is 0.633. The van der Waals surface area contributed by atoms with Gasteiger partial charge in [0, 0.05) is 58.2 Å². The van der Waals surface area contributed by atoms with E-state index in [1.807, 2.05) is 32.0 Å². The first-order valence-corrected chi connectivity index (χ1v) is 8.44. The number of pyridine rings is 1. The summed E-state index contributed by atoms with van der Waals surface area (Å²) in [4.78, 5) is 19.8. The van der Waals surface area contributed by atoms with Crippen molar-refractivity contribution in [2.24, 2.45) is 0 Å². The molecule has 2 aromatic heterocycles. The molecule has 25 heavy (non-hydrogen) atoms. The molecule has 0 spiro atoms. The average molecular weight is 358 g/mol. The Morgan fingerprint density at radius 1 is 1.12 bits per heavy atom. The molecule has 0 amide bonds. The fourth-order valence-electron chi connectivity index (χ4n) is 2.75. The fourth-order valence-corrected chi connectivity index (χ4v) is 3.04. The number of rotatable bonds is 3. The first-order chi connectivity index (χ1) is 12.0. The van der Waals surface area contributed by atoms with Crippen molar-refractivity contribution in [3.05, 3.63) is 34.6 Å². The third-order valence-electron chi connectivity index (χ3n) is 4.10. The maximum atomic E-state index is 8.92. The van der Waals surface area contributed by atoms with Crippen LogP contribution in [0.25, 0.3) is 0 Å². The minimum Gasteiger partial charge on any atom is -0.363 e. The molecule has 0 aromatic carbocycles. The van der Waals surface area contributed by atoms with Gasteiger partial charge in [-0.3, -0.25) is 0 Å². The van der Waals surface area contributed by atoms with E-state index in [0.717, 1.165) is 49.5 Å². The minimum atomic E-state index is 0.469. The van der Waals surface area contributed by atoms with Crippen LogP contribution >= 0.6 is 11.6 Å². The van der Waals surface area contributed by atoms with Gasteiger partial charge in [-0.25, -0.2) is 9.97 Å². The number of halogens is 1. The molecule has 0 atom stereocenters. The highest BCUT2D eigenvalue weighted by molar-refractivity contribution is 6.33. The molecular formula is C17H20ClN7. The summed E-state index contributed by atoms with van der Waals surface area (Å²) >= 11 is 6.27. The van der Waals surface area contributed by atoms with E-state index in [9.17, 15) is 0 Å². The smallest absolute Gasteiger partial charge is 0.227 e. The fraction of sp³-hybridized carbons (Fsp3) is 0.412. The summed E-state index contributed by atoms with van der Waals surface area (Å²) in [7, 11) is 3.95. The SMILES string of the molecule is Cc1cc(N(C)C)nc(N2CCN(c3ncc(C#N)cc3Cl)CC2)n1. The standard InChI is InChI=1S/C17H20ClN7/c1-12-8-15(23(2)3)22-17(21-12)25-6-4-24(5-7-25)16-14(18)9-13(10-19)11-20-16/h8-9,11H,4-7H2,1-3H3. The monoisotopic (exact) mass is 357 g/mol. The summed E-state index contributed by atoms with van der Waals surface area (Å²) in [6, 6.07) is 5.68. The molecule has 3 heterocycles. The average Bonchev–Trinajstić information content (AvgIpc) is 2.61. The maximum Gasteiger partial charge on any atom is 0.227 e. The number of hydrogen-bond acceptors (Lipinski definition) is 7. The summed E-state index contributed by atoms with van der Waals surface area (Å²) in [6.45, 7) is 5.10. The van der Waals surface area contributed by atoms with Gasteiger partial charge >= 0.3 is 0 Å². The van der Waals surface area contributed by atoms with Gasteiger partial charge in [0.25, 0.3) is 0 Å². The van der Waals surface area contributed by atoms with E-state index in [1.165, 1.54) is 0 Å². The number of nitriles is 1. The largest absolute Gasteiger partial charge is 0.363 e. The zero-order valence-electron chi connectivity index (χ0n) is 14.6. The molecule has 1 fully saturated rings. The molecule has 0 aliphatic carbocycles. The van der Waals surface area contributed by atoms with Gasteiger partial charge in [0.15, 0.2) is 0 Å². The second kappa shape index (κ2) is 7.11. The topological polar surface area (TPSA) is 72.2 Å². The summed E-state index contributed by atoms with van der Waals surface area (Å²) in [5.74, 6) is 2.38. The quantitative estimate of drug-likeness (QED) is 0.832. The highest BCUT2D eigenvalue weighted by atomic mass is 35.5. The Morgan fingerprint density at radius 3 is 2.40 bits per heavy atom. The van der Waals surface area contributed by atoms with E-state index in [0.29, 0.717) is 10.6 Å². The van der Waals surface area contributed by atoms with Crippen molar-refractivity contribution < 1.29 is 0 Å². The van der Waals surface area contributed by atoms with Crippen molar-refractivity contribution in [2.45, 2.75) is 6.92 Å². The molecule has 0 N–H and O–H groups in total. The Balaban J connectivity index is 1.73. The van der Waals surface area contributed by atoms with Crippen molar-refractivity contribution in [1.29, 1.82) is 5.26 Å². The van der Waals surface area contributed by atoms with Crippen LogP contribution in [0.15, 0.2) is 18.3 Å². The predicted octanol–water partition coefficient (Wildman–Crippen LogP) is 2.10. The van der Waals surface area contributed by atoms with Crippen LogP contribution in [0.2, 0.25) is 5.02 Å². The van der Waals surface area contributed by atoms with E-state index < -0.39 is 0 Å². The molecule has 7 nitrogen and oxygen atoms in total. The van der Waals surface area contributed by atoms with Crippen LogP contribution in [0.5, 0.6) is 0 Å². The molecular weight excluding hydrogens is 338 g/mol. The molecule has 130 valence electrons. The van der Waals surface area contributed by atoms with Gasteiger partial charge in [0.1, 0.15) is 17.7 Å². The third-order valence-corrected chi connectivity index (χ3v) is 4.38. The molecule has 3 rings (SSSR count). The predicted molar refractivity (Wildman–Crippen MR) is 99.5 cm³/mol. The Labute approximate surface area is 152 Å². The second-order valence-electron chi connectivity index (χ2n) is 6.18. The van der Waals surface area contributed by atoms with Gasteiger partial charge in [-0.2, -0.15) is 10.2 Å². The molecule has 1 aliphatic rings. The first-order valence-electron chi connectivity index (χ1n) is 8.06. The normalized spacial score (nSPS) is 14.4. The van der Waals surface area contributed by atoms with Crippen molar-refractivity contribution in [2.75, 3.05) is 55.0 Å². The zero-order valence-corrected chi connectivity index (χ0v) is 15.3. The van der Waals surface area contributed by atoms with Gasteiger partial charge in [0.05, 0.1) is 10.6 Å².